The normalized spacial score (nSPS) is 11.4. The molecule has 2 rings (SSSR count). The maximum atomic E-state index is 13.8. The summed E-state index contributed by atoms with van der Waals surface area (Å²) in [7, 11) is 0. The summed E-state index contributed by atoms with van der Waals surface area (Å²) in [4.78, 5) is 4.53. The monoisotopic (exact) mass is 309 g/mol. The highest BCUT2D eigenvalue weighted by atomic mass is 32.1. The fourth-order valence-electron chi connectivity index (χ4n) is 1.67. The van der Waals surface area contributed by atoms with E-state index in [1.54, 1.807) is 12.1 Å². The van der Waals surface area contributed by atoms with Gasteiger partial charge in [0.25, 0.3) is 0 Å². The topological polar surface area (TPSA) is 50.9 Å². The van der Waals surface area contributed by atoms with E-state index >= 15 is 0 Å². The van der Waals surface area contributed by atoms with Crippen LogP contribution in [0.2, 0.25) is 0 Å². The number of aromatic nitrogens is 1. The molecule has 106 valence electrons. The Balaban J connectivity index is 2.34. The Morgan fingerprint density at radius 3 is 2.65 bits per heavy atom. The zero-order valence-electron chi connectivity index (χ0n) is 11.5. The fourth-order valence-corrected chi connectivity index (χ4v) is 2.83. The molecule has 0 spiro atoms. The first-order valence-corrected chi connectivity index (χ1v) is 7.39. The lowest BCUT2D eigenvalue weighted by Crippen LogP contribution is -2.14. The van der Waals surface area contributed by atoms with Gasteiger partial charge in [0, 0.05) is 10.8 Å². The van der Waals surface area contributed by atoms with Gasteiger partial charge < -0.3 is 11.1 Å². The average Bonchev–Trinajstić information content (AvgIpc) is 2.76. The number of anilines is 2. The van der Waals surface area contributed by atoms with E-state index in [1.807, 2.05) is 5.38 Å². The third-order valence-electron chi connectivity index (χ3n) is 2.77. The molecule has 0 fully saturated rings. The van der Waals surface area contributed by atoms with Crippen LogP contribution in [0.4, 0.5) is 15.2 Å². The summed E-state index contributed by atoms with van der Waals surface area (Å²) in [5, 5.41) is 5.77. The Labute approximate surface area is 127 Å². The summed E-state index contributed by atoms with van der Waals surface area (Å²) in [5.41, 5.74) is 7.29. The van der Waals surface area contributed by atoms with Crippen LogP contribution in [0.25, 0.3) is 0 Å². The molecule has 0 aliphatic rings. The molecule has 0 aliphatic carbocycles. The van der Waals surface area contributed by atoms with Gasteiger partial charge >= 0.3 is 0 Å². The molecule has 1 aromatic heterocycles. The molecule has 0 radical (unpaired) electrons. The number of hydrogen-bond donors (Lipinski definition) is 2. The highest BCUT2D eigenvalue weighted by molar-refractivity contribution is 7.80. The smallest absolute Gasteiger partial charge is 0.187 e. The molecule has 0 bridgehead atoms. The van der Waals surface area contributed by atoms with Crippen LogP contribution in [0.1, 0.15) is 32.0 Å². The third-order valence-corrected chi connectivity index (χ3v) is 3.74. The predicted octanol–water partition coefficient (Wildman–Crippen LogP) is 3.96. The van der Waals surface area contributed by atoms with Crippen molar-refractivity contribution in [2.75, 3.05) is 5.32 Å². The standard InChI is InChI=1S/C14H16FN3S2/c1-14(2,3)10-7-20-13(18-10)17-9-6-4-5-8(15)11(9)12(16)19/h4-7H,1-3H3,(H2,16,19)(H,17,18). The summed E-state index contributed by atoms with van der Waals surface area (Å²) in [6.45, 7) is 6.28. The van der Waals surface area contributed by atoms with Crippen LogP contribution >= 0.6 is 23.6 Å². The van der Waals surface area contributed by atoms with E-state index in [2.05, 4.69) is 31.1 Å². The van der Waals surface area contributed by atoms with Gasteiger partial charge in [-0.1, -0.05) is 39.1 Å². The second kappa shape index (κ2) is 5.46. The van der Waals surface area contributed by atoms with Gasteiger partial charge in [0.15, 0.2) is 5.13 Å². The van der Waals surface area contributed by atoms with E-state index in [-0.39, 0.29) is 16.0 Å². The summed E-state index contributed by atoms with van der Waals surface area (Å²) in [5.74, 6) is -0.435. The van der Waals surface area contributed by atoms with Crippen LogP contribution in [0, 0.1) is 5.82 Å². The quantitative estimate of drug-likeness (QED) is 0.843. The van der Waals surface area contributed by atoms with E-state index < -0.39 is 5.82 Å². The van der Waals surface area contributed by atoms with Gasteiger partial charge in [-0.25, -0.2) is 9.37 Å². The molecular weight excluding hydrogens is 293 g/mol. The maximum absolute atomic E-state index is 13.8. The van der Waals surface area contributed by atoms with E-state index in [9.17, 15) is 4.39 Å². The number of nitrogens with one attached hydrogen (secondary N) is 1. The molecule has 3 N–H and O–H groups in total. The van der Waals surface area contributed by atoms with Crippen molar-refractivity contribution in [2.24, 2.45) is 5.73 Å². The van der Waals surface area contributed by atoms with Crippen LogP contribution in [0.3, 0.4) is 0 Å². The number of nitrogens with two attached hydrogens (primary N) is 1. The first-order chi connectivity index (χ1) is 9.29. The lowest BCUT2D eigenvalue weighted by atomic mass is 9.93. The zero-order chi connectivity index (χ0) is 14.9. The minimum atomic E-state index is -0.435. The van der Waals surface area contributed by atoms with Crippen LogP contribution in [0.5, 0.6) is 0 Å². The van der Waals surface area contributed by atoms with Crippen LogP contribution in [-0.2, 0) is 5.41 Å². The first-order valence-electron chi connectivity index (χ1n) is 6.10. The lowest BCUT2D eigenvalue weighted by molar-refractivity contribution is 0.573. The van der Waals surface area contributed by atoms with Crippen LogP contribution < -0.4 is 11.1 Å². The minimum Gasteiger partial charge on any atom is -0.389 e. The zero-order valence-corrected chi connectivity index (χ0v) is 13.2. The van der Waals surface area contributed by atoms with E-state index in [0.29, 0.717) is 10.8 Å². The van der Waals surface area contributed by atoms with Crippen molar-refractivity contribution in [1.29, 1.82) is 0 Å². The third kappa shape index (κ3) is 3.13. The van der Waals surface area contributed by atoms with Crippen molar-refractivity contribution in [3.8, 4) is 0 Å². The molecule has 1 aromatic carbocycles. The number of thiocarbonyl (C=S) groups is 1. The number of nitrogens with zero attached hydrogens (tertiary/aromatic N) is 1. The molecule has 3 nitrogen and oxygen atoms in total. The van der Waals surface area contributed by atoms with Gasteiger partial charge in [-0.05, 0) is 12.1 Å². The highest BCUT2D eigenvalue weighted by Crippen LogP contribution is 2.29. The van der Waals surface area contributed by atoms with Crippen molar-refractivity contribution >= 4 is 39.4 Å². The number of rotatable bonds is 3. The average molecular weight is 309 g/mol. The summed E-state index contributed by atoms with van der Waals surface area (Å²) < 4.78 is 13.8. The molecule has 0 atom stereocenters. The van der Waals surface area contributed by atoms with Crippen LogP contribution in [0.15, 0.2) is 23.6 Å². The Kier molecular flexibility index (Phi) is 4.06. The van der Waals surface area contributed by atoms with E-state index in [1.165, 1.54) is 17.4 Å². The van der Waals surface area contributed by atoms with Gasteiger partial charge in [0.1, 0.15) is 10.8 Å². The Bertz CT molecular complexity index is 644. The molecule has 0 unspecified atom stereocenters. The number of hydrogen-bond acceptors (Lipinski definition) is 4. The lowest BCUT2D eigenvalue weighted by Gasteiger charge is -2.14. The second-order valence-electron chi connectivity index (χ2n) is 5.44. The SMILES string of the molecule is CC(C)(C)c1csc(Nc2cccc(F)c2C(N)=S)n1. The molecule has 2 aromatic rings. The number of benzene rings is 1. The molecule has 0 saturated heterocycles. The van der Waals surface area contributed by atoms with Crippen molar-refractivity contribution in [2.45, 2.75) is 26.2 Å². The molecule has 1 heterocycles. The first kappa shape index (κ1) is 14.9. The Morgan fingerprint density at radius 1 is 1.40 bits per heavy atom. The molecule has 0 saturated carbocycles. The maximum Gasteiger partial charge on any atom is 0.187 e. The number of halogens is 1. The van der Waals surface area contributed by atoms with E-state index in [0.717, 1.165) is 5.69 Å². The van der Waals surface area contributed by atoms with Crippen molar-refractivity contribution in [3.05, 3.63) is 40.7 Å². The highest BCUT2D eigenvalue weighted by Gasteiger charge is 2.18. The van der Waals surface area contributed by atoms with Gasteiger partial charge in [0.05, 0.1) is 16.9 Å². The van der Waals surface area contributed by atoms with Gasteiger partial charge in [-0.2, -0.15) is 0 Å². The Morgan fingerprint density at radius 2 is 2.10 bits per heavy atom. The second-order valence-corrected chi connectivity index (χ2v) is 6.74. The number of thiazole rings is 1. The van der Waals surface area contributed by atoms with Crippen molar-refractivity contribution < 1.29 is 4.39 Å². The predicted molar refractivity (Wildman–Crippen MR) is 86.4 cm³/mol. The molecular formula is C14H16FN3S2. The van der Waals surface area contributed by atoms with Crippen molar-refractivity contribution in [1.82, 2.24) is 4.98 Å². The summed E-state index contributed by atoms with van der Waals surface area (Å²) in [6.07, 6.45) is 0. The largest absolute Gasteiger partial charge is 0.389 e. The summed E-state index contributed by atoms with van der Waals surface area (Å²) >= 11 is 6.37. The Hall–Kier alpha value is -1.53. The molecule has 0 amide bonds. The molecule has 6 heteroatoms. The fraction of sp³-hybridized carbons (Fsp3) is 0.286. The minimum absolute atomic E-state index is 0.0234. The van der Waals surface area contributed by atoms with Gasteiger partial charge in [-0.15, -0.1) is 11.3 Å². The van der Waals surface area contributed by atoms with E-state index in [4.69, 9.17) is 18.0 Å². The molecule has 20 heavy (non-hydrogen) atoms. The molecule has 0 aliphatic heterocycles. The van der Waals surface area contributed by atoms with Gasteiger partial charge in [-0.3, -0.25) is 0 Å². The van der Waals surface area contributed by atoms with Crippen LogP contribution in [-0.4, -0.2) is 9.97 Å². The van der Waals surface area contributed by atoms with Crippen molar-refractivity contribution in [3.63, 3.8) is 0 Å². The van der Waals surface area contributed by atoms with Gasteiger partial charge in [0.2, 0.25) is 0 Å². The summed E-state index contributed by atoms with van der Waals surface area (Å²) in [6, 6.07) is 4.68.